The first-order valence-electron chi connectivity index (χ1n) is 18.1. The van der Waals surface area contributed by atoms with Crippen molar-refractivity contribution in [1.29, 1.82) is 0 Å². The lowest BCUT2D eigenvalue weighted by atomic mass is 9.98. The zero-order valence-electron chi connectivity index (χ0n) is 30.5. The number of benzene rings is 10. The summed E-state index contributed by atoms with van der Waals surface area (Å²) in [5, 5.41) is 16.1. The molecule has 0 nitrogen and oxygen atoms in total. The van der Waals surface area contributed by atoms with Gasteiger partial charge in [-0.05, 0) is 115 Å². The zero-order chi connectivity index (χ0) is 35.9. The van der Waals surface area contributed by atoms with Gasteiger partial charge in [0.25, 0.3) is 0 Å². The number of fused-ring (bicyclic) bond motifs is 7. The van der Waals surface area contributed by atoms with Crippen LogP contribution in [0.3, 0.4) is 0 Å². The molecule has 0 bridgehead atoms. The Hall–Kier alpha value is -6.24. The smallest absolute Gasteiger partial charge is 0.0103 e. The van der Waals surface area contributed by atoms with Crippen molar-refractivity contribution in [1.82, 2.24) is 0 Å². The molecule has 0 heterocycles. The highest BCUT2D eigenvalue weighted by molar-refractivity contribution is 6.08. The second-order valence-electron chi connectivity index (χ2n) is 13.6. The van der Waals surface area contributed by atoms with Gasteiger partial charge in [0.15, 0.2) is 0 Å². The summed E-state index contributed by atoms with van der Waals surface area (Å²) in [6.07, 6.45) is 0. The molecule has 0 amide bonds. The highest BCUT2D eigenvalue weighted by Gasteiger charge is 2.03. The van der Waals surface area contributed by atoms with Crippen LogP contribution in [0.15, 0.2) is 194 Å². The van der Waals surface area contributed by atoms with Gasteiger partial charge in [-0.3, -0.25) is 0 Å². The molecule has 0 saturated carbocycles. The lowest BCUT2D eigenvalue weighted by molar-refractivity contribution is 1.51. The Balaban J connectivity index is 0.000000109. The molecule has 0 atom stereocenters. The summed E-state index contributed by atoms with van der Waals surface area (Å²) in [4.78, 5) is 0. The number of aryl methyl sites for hydroxylation is 4. The van der Waals surface area contributed by atoms with E-state index in [1.54, 1.807) is 0 Å². The van der Waals surface area contributed by atoms with E-state index in [1.807, 2.05) is 0 Å². The lowest BCUT2D eigenvalue weighted by Crippen LogP contribution is -1.81. The number of rotatable bonds is 0. The van der Waals surface area contributed by atoms with E-state index >= 15 is 0 Å². The molecule has 0 radical (unpaired) electrons. The van der Waals surface area contributed by atoms with E-state index in [-0.39, 0.29) is 0 Å². The van der Waals surface area contributed by atoms with Gasteiger partial charge in [0.2, 0.25) is 0 Å². The molecule has 10 aromatic carbocycles. The van der Waals surface area contributed by atoms with Crippen LogP contribution in [0.1, 0.15) is 22.3 Å². The monoisotopic (exact) mass is 668 g/mol. The predicted molar refractivity (Wildman–Crippen MR) is 230 cm³/mol. The maximum Gasteiger partial charge on any atom is -0.0103 e. The van der Waals surface area contributed by atoms with Gasteiger partial charge in [0.1, 0.15) is 0 Å². The van der Waals surface area contributed by atoms with Crippen LogP contribution in [0.25, 0.3) is 64.6 Å². The summed E-state index contributed by atoms with van der Waals surface area (Å²) in [5.41, 5.74) is 5.40. The molecule has 10 aromatic rings. The fourth-order valence-electron chi connectivity index (χ4n) is 7.18. The zero-order valence-corrected chi connectivity index (χ0v) is 30.5. The SMILES string of the molecule is Cc1c2ccccc2cc2ccccc12.Cc1cc2ccccc2c2ccccc12.Cc1ccc2ccccc2c1.Cc1cccc2ccccc12. The number of hydrogen-bond acceptors (Lipinski definition) is 0. The molecule has 52 heavy (non-hydrogen) atoms. The first-order chi connectivity index (χ1) is 25.5. The molecule has 0 N–H and O–H groups in total. The Morgan fingerprint density at radius 2 is 0.673 bits per heavy atom. The second-order valence-corrected chi connectivity index (χ2v) is 13.6. The average molecular weight is 669 g/mol. The predicted octanol–water partition coefficient (Wildman–Crippen LogP) is 14.9. The van der Waals surface area contributed by atoms with E-state index < -0.39 is 0 Å². The van der Waals surface area contributed by atoms with Gasteiger partial charge in [-0.1, -0.05) is 194 Å². The van der Waals surface area contributed by atoms with Gasteiger partial charge in [0.05, 0.1) is 0 Å². The standard InChI is InChI=1S/2C15H12.2C11H10/c1-11-14-8-4-2-6-12(14)10-13-7-3-5-9-15(11)13;1-11-10-12-6-2-3-8-14(12)15-9-5-4-7-13(11)15;1-9-5-4-7-10-6-2-3-8-11(9)10;1-9-6-7-10-4-2-3-5-11(10)8-9/h2*2-10H,1H3;2*2-8H,1H3. The van der Waals surface area contributed by atoms with E-state index in [0.717, 1.165) is 0 Å². The normalized spacial score (nSPS) is 10.7. The third-order valence-corrected chi connectivity index (χ3v) is 9.93. The highest BCUT2D eigenvalue weighted by Crippen LogP contribution is 2.29. The van der Waals surface area contributed by atoms with Crippen molar-refractivity contribution in [3.8, 4) is 0 Å². The van der Waals surface area contributed by atoms with E-state index in [9.17, 15) is 0 Å². The summed E-state index contributed by atoms with van der Waals surface area (Å²) in [6.45, 7) is 8.63. The third-order valence-electron chi connectivity index (χ3n) is 9.93. The van der Waals surface area contributed by atoms with Crippen LogP contribution >= 0.6 is 0 Å². The summed E-state index contributed by atoms with van der Waals surface area (Å²) in [7, 11) is 0. The summed E-state index contributed by atoms with van der Waals surface area (Å²) in [5.74, 6) is 0. The van der Waals surface area contributed by atoms with E-state index in [1.165, 1.54) is 86.9 Å². The van der Waals surface area contributed by atoms with Gasteiger partial charge in [-0.15, -0.1) is 0 Å². The molecule has 0 spiro atoms. The van der Waals surface area contributed by atoms with E-state index in [0.29, 0.717) is 0 Å². The van der Waals surface area contributed by atoms with Crippen molar-refractivity contribution in [2.75, 3.05) is 0 Å². The molecule has 0 aromatic heterocycles. The van der Waals surface area contributed by atoms with Crippen LogP contribution in [-0.4, -0.2) is 0 Å². The summed E-state index contributed by atoms with van der Waals surface area (Å²) in [6, 6.07) is 68.5. The van der Waals surface area contributed by atoms with Crippen molar-refractivity contribution in [3.63, 3.8) is 0 Å². The van der Waals surface area contributed by atoms with Crippen LogP contribution in [-0.2, 0) is 0 Å². The Bertz CT molecular complexity index is 2700. The molecule has 0 fully saturated rings. The fraction of sp³-hybridized carbons (Fsp3) is 0.0769. The molecule has 0 aliphatic rings. The molecule has 10 rings (SSSR count). The van der Waals surface area contributed by atoms with E-state index in [2.05, 4.69) is 222 Å². The largest absolute Gasteiger partial charge is 0.0616 e. The molecule has 0 aliphatic carbocycles. The lowest BCUT2D eigenvalue weighted by Gasteiger charge is -2.06. The Labute approximate surface area is 307 Å². The van der Waals surface area contributed by atoms with Crippen LogP contribution in [0.2, 0.25) is 0 Å². The number of hydrogen-bond donors (Lipinski definition) is 0. The molecular formula is C52H44. The van der Waals surface area contributed by atoms with Gasteiger partial charge in [-0.25, -0.2) is 0 Å². The Morgan fingerprint density at radius 3 is 1.29 bits per heavy atom. The quantitative estimate of drug-likeness (QED) is 0.111. The second kappa shape index (κ2) is 15.8. The molecule has 0 saturated heterocycles. The van der Waals surface area contributed by atoms with Crippen LogP contribution in [0.4, 0.5) is 0 Å². The van der Waals surface area contributed by atoms with Crippen LogP contribution in [0, 0.1) is 27.7 Å². The minimum Gasteiger partial charge on any atom is -0.0616 e. The van der Waals surface area contributed by atoms with Gasteiger partial charge in [0, 0.05) is 0 Å². The van der Waals surface area contributed by atoms with Crippen molar-refractivity contribution < 1.29 is 0 Å². The van der Waals surface area contributed by atoms with Crippen molar-refractivity contribution in [2.24, 2.45) is 0 Å². The van der Waals surface area contributed by atoms with Crippen molar-refractivity contribution in [3.05, 3.63) is 216 Å². The summed E-state index contributed by atoms with van der Waals surface area (Å²) >= 11 is 0. The molecule has 0 aliphatic heterocycles. The van der Waals surface area contributed by atoms with Crippen LogP contribution < -0.4 is 0 Å². The minimum absolute atomic E-state index is 1.32. The third kappa shape index (κ3) is 7.58. The van der Waals surface area contributed by atoms with Crippen molar-refractivity contribution in [2.45, 2.75) is 27.7 Å². The fourth-order valence-corrected chi connectivity index (χ4v) is 7.18. The molecule has 0 unspecified atom stereocenters. The molecular weight excluding hydrogens is 625 g/mol. The Kier molecular flexibility index (Phi) is 10.4. The van der Waals surface area contributed by atoms with Crippen molar-refractivity contribution >= 4 is 64.6 Å². The topological polar surface area (TPSA) is 0 Å². The maximum absolute atomic E-state index is 2.26. The van der Waals surface area contributed by atoms with Gasteiger partial charge in [-0.2, -0.15) is 0 Å². The molecule has 252 valence electrons. The van der Waals surface area contributed by atoms with Gasteiger partial charge < -0.3 is 0 Å². The molecule has 0 heteroatoms. The van der Waals surface area contributed by atoms with Crippen LogP contribution in [0.5, 0.6) is 0 Å². The first kappa shape index (κ1) is 34.2. The maximum atomic E-state index is 2.26. The summed E-state index contributed by atoms with van der Waals surface area (Å²) < 4.78 is 0. The van der Waals surface area contributed by atoms with E-state index in [4.69, 9.17) is 0 Å². The van der Waals surface area contributed by atoms with Gasteiger partial charge >= 0.3 is 0 Å². The average Bonchev–Trinajstić information content (AvgIpc) is 3.19. The Morgan fingerprint density at radius 1 is 0.231 bits per heavy atom. The minimum atomic E-state index is 1.32. The first-order valence-corrected chi connectivity index (χ1v) is 18.1. The highest BCUT2D eigenvalue weighted by atomic mass is 14.1.